The molecule has 0 saturated carbocycles. The van der Waals surface area contributed by atoms with Gasteiger partial charge in [0.15, 0.2) is 9.84 Å². The van der Waals surface area contributed by atoms with Crippen molar-refractivity contribution in [3.05, 3.63) is 93.2 Å². The summed E-state index contributed by atoms with van der Waals surface area (Å²) in [5.74, 6) is 1.07. The van der Waals surface area contributed by atoms with E-state index in [0.717, 1.165) is 42.9 Å². The first-order valence-electron chi connectivity index (χ1n) is 12.7. The van der Waals surface area contributed by atoms with Crippen LogP contribution in [0.15, 0.2) is 76.8 Å². The number of sulfone groups is 1. The Hall–Kier alpha value is -3.45. The average molecular weight is 658 g/mol. The summed E-state index contributed by atoms with van der Waals surface area (Å²) in [6, 6.07) is 17.8. The summed E-state index contributed by atoms with van der Waals surface area (Å²) in [4.78, 5) is 13.5. The van der Waals surface area contributed by atoms with Crippen LogP contribution in [0.25, 0.3) is 22.2 Å². The molecule has 0 bridgehead atoms. The lowest BCUT2D eigenvalue weighted by atomic mass is 10.1. The van der Waals surface area contributed by atoms with Crippen molar-refractivity contribution in [2.75, 3.05) is 23.4 Å². The van der Waals surface area contributed by atoms with Gasteiger partial charge < -0.3 is 14.8 Å². The Kier molecular flexibility index (Phi) is 9.23. The van der Waals surface area contributed by atoms with Gasteiger partial charge in [0.1, 0.15) is 35.3 Å². The largest absolute Gasteiger partial charge is 0.488 e. The molecule has 0 fully saturated rings. The van der Waals surface area contributed by atoms with Crippen LogP contribution in [0.3, 0.4) is 0 Å². The minimum Gasteiger partial charge on any atom is -0.488 e. The number of nitrogens with one attached hydrogen (secondary N) is 1. The van der Waals surface area contributed by atoms with E-state index in [1.165, 1.54) is 29.8 Å². The topological polar surface area (TPSA) is 103 Å². The first-order valence-corrected chi connectivity index (χ1v) is 16.2. The van der Waals surface area contributed by atoms with Crippen LogP contribution in [0.5, 0.6) is 5.75 Å². The third kappa shape index (κ3) is 7.64. The van der Waals surface area contributed by atoms with Crippen LogP contribution in [0.1, 0.15) is 17.5 Å². The number of hydrogen-bond donors (Lipinski definition) is 1. The summed E-state index contributed by atoms with van der Waals surface area (Å²) in [6.45, 7) is 2.27. The van der Waals surface area contributed by atoms with Crippen molar-refractivity contribution in [3.8, 4) is 17.0 Å². The highest BCUT2D eigenvalue weighted by Crippen LogP contribution is 2.33. The molecule has 5 aromatic rings. The number of hydrogen-bond acceptors (Lipinski definition) is 9. The third-order valence-corrected chi connectivity index (χ3v) is 9.28. The van der Waals surface area contributed by atoms with Gasteiger partial charge in [-0.05, 0) is 64.0 Å². The van der Waals surface area contributed by atoms with Gasteiger partial charge in [-0.25, -0.2) is 27.8 Å². The zero-order valence-corrected chi connectivity index (χ0v) is 25.2. The Bertz CT molecular complexity index is 1780. The minimum absolute atomic E-state index is 0.00339. The number of anilines is 2. The van der Waals surface area contributed by atoms with Gasteiger partial charge >= 0.3 is 0 Å². The van der Waals surface area contributed by atoms with E-state index in [2.05, 4.69) is 36.2 Å². The maximum absolute atomic E-state index is 13.5. The Morgan fingerprint density at radius 2 is 1.93 bits per heavy atom. The molecular formula is C29H26BrFN4O4S2. The molecule has 0 radical (unpaired) electrons. The Morgan fingerprint density at radius 1 is 1.05 bits per heavy atom. The molecule has 2 heterocycles. The van der Waals surface area contributed by atoms with Crippen molar-refractivity contribution in [2.24, 2.45) is 0 Å². The van der Waals surface area contributed by atoms with Crippen LogP contribution in [0.4, 0.5) is 15.9 Å². The van der Waals surface area contributed by atoms with Crippen LogP contribution in [-0.4, -0.2) is 41.5 Å². The minimum atomic E-state index is -3.06. The summed E-state index contributed by atoms with van der Waals surface area (Å²) in [7, 11) is -3.06. The number of ether oxygens (including phenoxy) is 2. The van der Waals surface area contributed by atoms with Gasteiger partial charge in [-0.3, -0.25) is 0 Å². The van der Waals surface area contributed by atoms with Crippen LogP contribution in [0.2, 0.25) is 0 Å². The normalized spacial score (nSPS) is 11.6. The van der Waals surface area contributed by atoms with Crippen LogP contribution in [0, 0.1) is 5.82 Å². The van der Waals surface area contributed by atoms with Crippen LogP contribution in [-0.2, 0) is 27.8 Å². The molecule has 0 aliphatic heterocycles. The van der Waals surface area contributed by atoms with Crippen molar-refractivity contribution >= 4 is 59.5 Å². The second-order valence-electron chi connectivity index (χ2n) is 9.06. The molecule has 5 rings (SSSR count). The van der Waals surface area contributed by atoms with E-state index in [1.54, 1.807) is 13.0 Å². The van der Waals surface area contributed by atoms with Gasteiger partial charge in [0.2, 0.25) is 0 Å². The Labute approximate surface area is 249 Å². The van der Waals surface area contributed by atoms with Crippen molar-refractivity contribution in [2.45, 2.75) is 20.1 Å². The monoisotopic (exact) mass is 656 g/mol. The second kappa shape index (κ2) is 13.0. The van der Waals surface area contributed by atoms with E-state index in [4.69, 9.17) is 9.47 Å². The number of thiazole rings is 1. The summed E-state index contributed by atoms with van der Waals surface area (Å²) < 4.78 is 48.9. The van der Waals surface area contributed by atoms with Gasteiger partial charge in [-0.15, -0.1) is 11.3 Å². The van der Waals surface area contributed by atoms with E-state index >= 15 is 0 Å². The average Bonchev–Trinajstić information content (AvgIpc) is 3.44. The van der Waals surface area contributed by atoms with E-state index in [1.807, 2.05) is 47.8 Å². The van der Waals surface area contributed by atoms with Gasteiger partial charge in [-0.2, -0.15) is 0 Å². The molecule has 8 nitrogen and oxygen atoms in total. The smallest absolute Gasteiger partial charge is 0.152 e. The molecule has 0 spiro atoms. The number of rotatable bonds is 12. The first-order chi connectivity index (χ1) is 19.8. The number of aromatic nitrogens is 3. The molecule has 0 aliphatic carbocycles. The van der Waals surface area contributed by atoms with E-state index < -0.39 is 9.84 Å². The standard InChI is InChI=1S/C29H26BrFN4O4S2/c1-2-41(36,37)11-10-38-16-28-35-26(17-40-28)20-6-8-25-23(13-20)29(33-18-32-25)34-22-7-9-27(24(30)14-22)39-15-19-4-3-5-21(31)12-19/h3-9,12-14,17-18H,2,10-11,15-16H2,1H3,(H,32,33,34). The van der Waals surface area contributed by atoms with Crippen molar-refractivity contribution < 1.29 is 22.3 Å². The quantitative estimate of drug-likeness (QED) is 0.144. The summed E-state index contributed by atoms with van der Waals surface area (Å²) in [6.07, 6.45) is 1.51. The van der Waals surface area contributed by atoms with Gasteiger partial charge in [0, 0.05) is 27.8 Å². The molecule has 212 valence electrons. The third-order valence-electron chi connectivity index (χ3n) is 6.16. The van der Waals surface area contributed by atoms with Crippen molar-refractivity contribution in [1.29, 1.82) is 0 Å². The lowest BCUT2D eigenvalue weighted by Crippen LogP contribution is -2.13. The van der Waals surface area contributed by atoms with E-state index in [9.17, 15) is 12.8 Å². The van der Waals surface area contributed by atoms with Gasteiger partial charge in [-0.1, -0.05) is 25.1 Å². The van der Waals surface area contributed by atoms with Crippen LogP contribution >= 0.6 is 27.3 Å². The number of fused-ring (bicyclic) bond motifs is 1. The fourth-order valence-electron chi connectivity index (χ4n) is 3.94. The SMILES string of the molecule is CCS(=O)(=O)CCOCc1nc(-c2ccc3ncnc(Nc4ccc(OCc5cccc(F)c5)c(Br)c4)c3c2)cs1. The lowest BCUT2D eigenvalue weighted by molar-refractivity contribution is 0.135. The molecule has 0 saturated heterocycles. The number of halogens is 2. The molecule has 0 aliphatic rings. The van der Waals surface area contributed by atoms with Crippen molar-refractivity contribution in [3.63, 3.8) is 0 Å². The summed E-state index contributed by atoms with van der Waals surface area (Å²) in [5, 5.41) is 6.89. The fourth-order valence-corrected chi connectivity index (χ4v) is 5.83. The Morgan fingerprint density at radius 3 is 2.73 bits per heavy atom. The van der Waals surface area contributed by atoms with Gasteiger partial charge in [0.05, 0.1) is 34.6 Å². The zero-order valence-electron chi connectivity index (χ0n) is 22.0. The maximum atomic E-state index is 13.5. The summed E-state index contributed by atoms with van der Waals surface area (Å²) in [5.41, 5.74) is 3.99. The molecule has 41 heavy (non-hydrogen) atoms. The summed E-state index contributed by atoms with van der Waals surface area (Å²) >= 11 is 5.02. The molecule has 1 N–H and O–H groups in total. The fraction of sp³-hybridized carbons (Fsp3) is 0.207. The Balaban J connectivity index is 1.28. The van der Waals surface area contributed by atoms with E-state index in [0.29, 0.717) is 11.6 Å². The van der Waals surface area contributed by atoms with E-state index in [-0.39, 0.29) is 37.1 Å². The zero-order chi connectivity index (χ0) is 28.8. The maximum Gasteiger partial charge on any atom is 0.152 e. The highest BCUT2D eigenvalue weighted by atomic mass is 79.9. The number of benzene rings is 3. The first kappa shape index (κ1) is 29.1. The molecule has 3 aromatic carbocycles. The second-order valence-corrected chi connectivity index (χ2v) is 13.3. The molecule has 0 unspecified atom stereocenters. The molecule has 2 aromatic heterocycles. The predicted molar refractivity (Wildman–Crippen MR) is 163 cm³/mol. The molecule has 0 atom stereocenters. The highest BCUT2D eigenvalue weighted by molar-refractivity contribution is 9.10. The van der Waals surface area contributed by atoms with Crippen LogP contribution < -0.4 is 10.1 Å². The molecular weight excluding hydrogens is 631 g/mol. The molecule has 12 heteroatoms. The van der Waals surface area contributed by atoms with Gasteiger partial charge in [0.25, 0.3) is 0 Å². The molecule has 0 amide bonds. The highest BCUT2D eigenvalue weighted by Gasteiger charge is 2.12. The lowest BCUT2D eigenvalue weighted by Gasteiger charge is -2.12. The van der Waals surface area contributed by atoms with Crippen molar-refractivity contribution in [1.82, 2.24) is 15.0 Å². The number of nitrogens with zero attached hydrogens (tertiary/aromatic N) is 3. The predicted octanol–water partition coefficient (Wildman–Crippen LogP) is 6.93.